The first-order chi connectivity index (χ1) is 11.7. The van der Waals surface area contributed by atoms with Gasteiger partial charge < -0.3 is 4.74 Å². The Morgan fingerprint density at radius 2 is 1.96 bits per heavy atom. The highest BCUT2D eigenvalue weighted by Gasteiger charge is 2.13. The van der Waals surface area contributed by atoms with Crippen LogP contribution in [-0.2, 0) is 0 Å². The van der Waals surface area contributed by atoms with Crippen LogP contribution in [0.1, 0.15) is 11.4 Å². The summed E-state index contributed by atoms with van der Waals surface area (Å²) in [5.74, 6) is 1.34. The largest absolute Gasteiger partial charge is 0.497 e. The van der Waals surface area contributed by atoms with E-state index in [9.17, 15) is 0 Å². The zero-order chi connectivity index (χ0) is 16.7. The number of fused-ring (bicyclic) bond motifs is 1. The lowest BCUT2D eigenvalue weighted by molar-refractivity contribution is 0.414. The zero-order valence-electron chi connectivity index (χ0n) is 13.6. The molecule has 0 radical (unpaired) electrons. The van der Waals surface area contributed by atoms with Gasteiger partial charge in [-0.05, 0) is 32.0 Å². The van der Waals surface area contributed by atoms with Crippen LogP contribution in [0.2, 0.25) is 0 Å². The van der Waals surface area contributed by atoms with Gasteiger partial charge in [0.15, 0.2) is 0 Å². The van der Waals surface area contributed by atoms with Crippen molar-refractivity contribution in [1.82, 2.24) is 29.4 Å². The molecule has 3 aromatic heterocycles. The molecule has 0 aliphatic carbocycles. The first-order valence-electron chi connectivity index (χ1n) is 7.53. The molecule has 0 bridgehead atoms. The van der Waals surface area contributed by atoms with Gasteiger partial charge in [0, 0.05) is 35.3 Å². The molecule has 7 nitrogen and oxygen atoms in total. The third-order valence-corrected chi connectivity index (χ3v) is 3.89. The Labute approximate surface area is 138 Å². The monoisotopic (exact) mass is 320 g/mol. The molecule has 4 aromatic rings. The van der Waals surface area contributed by atoms with Crippen molar-refractivity contribution in [3.63, 3.8) is 0 Å². The predicted octanol–water partition coefficient (Wildman–Crippen LogP) is 2.60. The molecule has 0 amide bonds. The highest BCUT2D eigenvalue weighted by molar-refractivity contribution is 5.73. The van der Waals surface area contributed by atoms with Crippen molar-refractivity contribution >= 4 is 5.78 Å². The molecule has 4 rings (SSSR count). The predicted molar refractivity (Wildman–Crippen MR) is 89.4 cm³/mol. The average molecular weight is 320 g/mol. The number of methoxy groups -OCH3 is 1. The highest BCUT2D eigenvalue weighted by atomic mass is 16.5. The molecule has 0 atom stereocenters. The number of ether oxygens (including phenoxy) is 1. The van der Waals surface area contributed by atoms with E-state index in [0.717, 1.165) is 34.0 Å². The molecule has 0 spiro atoms. The molecular weight excluding hydrogens is 304 g/mol. The number of nitrogens with zero attached hydrogens (tertiary/aromatic N) is 6. The van der Waals surface area contributed by atoms with Crippen molar-refractivity contribution in [2.24, 2.45) is 0 Å². The lowest BCUT2D eigenvalue weighted by Crippen LogP contribution is -2.03. The van der Waals surface area contributed by atoms with Crippen molar-refractivity contribution in [1.29, 1.82) is 0 Å². The Balaban J connectivity index is 1.95. The van der Waals surface area contributed by atoms with Crippen LogP contribution in [0.3, 0.4) is 0 Å². The number of hydrogen-bond acceptors (Lipinski definition) is 5. The van der Waals surface area contributed by atoms with E-state index < -0.39 is 0 Å². The Morgan fingerprint density at radius 1 is 1.08 bits per heavy atom. The van der Waals surface area contributed by atoms with Gasteiger partial charge in [-0.15, -0.1) is 0 Å². The van der Waals surface area contributed by atoms with Crippen molar-refractivity contribution in [2.45, 2.75) is 13.8 Å². The summed E-state index contributed by atoms with van der Waals surface area (Å²) in [5.41, 5.74) is 4.87. The molecule has 0 aliphatic heterocycles. The van der Waals surface area contributed by atoms with E-state index >= 15 is 0 Å². The van der Waals surface area contributed by atoms with Crippen LogP contribution in [0, 0.1) is 13.8 Å². The SMILES string of the molecule is COc1ccc(-c2cnc3ncnn3c2)c(-n2nc(C)cc2C)c1. The first kappa shape index (κ1) is 14.4. The summed E-state index contributed by atoms with van der Waals surface area (Å²) in [6.45, 7) is 4.01. The number of aryl methyl sites for hydroxylation is 2. The molecule has 0 unspecified atom stereocenters. The van der Waals surface area contributed by atoms with Crippen LogP contribution in [0.15, 0.2) is 43.0 Å². The molecule has 7 heteroatoms. The van der Waals surface area contributed by atoms with Crippen LogP contribution in [0.4, 0.5) is 0 Å². The Kier molecular flexibility index (Phi) is 3.26. The van der Waals surface area contributed by atoms with Gasteiger partial charge in [0.2, 0.25) is 0 Å². The maximum absolute atomic E-state index is 5.39. The second-order valence-corrected chi connectivity index (χ2v) is 5.57. The van der Waals surface area contributed by atoms with E-state index in [-0.39, 0.29) is 0 Å². The van der Waals surface area contributed by atoms with Crippen LogP contribution in [0.25, 0.3) is 22.6 Å². The summed E-state index contributed by atoms with van der Waals surface area (Å²) in [4.78, 5) is 8.43. The molecule has 24 heavy (non-hydrogen) atoms. The fraction of sp³-hybridized carbons (Fsp3) is 0.176. The molecule has 3 heterocycles. The number of benzene rings is 1. The topological polar surface area (TPSA) is 70.1 Å². The molecular formula is C17H16N6O. The third kappa shape index (κ3) is 2.30. The molecule has 0 fully saturated rings. The first-order valence-corrected chi connectivity index (χ1v) is 7.53. The summed E-state index contributed by atoms with van der Waals surface area (Å²) in [5, 5.41) is 8.76. The van der Waals surface area contributed by atoms with Crippen LogP contribution >= 0.6 is 0 Å². The van der Waals surface area contributed by atoms with Crippen molar-refractivity contribution in [3.8, 4) is 22.6 Å². The van der Waals surface area contributed by atoms with Gasteiger partial charge in [-0.3, -0.25) is 0 Å². The quantitative estimate of drug-likeness (QED) is 0.580. The van der Waals surface area contributed by atoms with Crippen LogP contribution in [0.5, 0.6) is 5.75 Å². The van der Waals surface area contributed by atoms with Crippen LogP contribution < -0.4 is 4.74 Å². The Bertz CT molecular complexity index is 1030. The Hall–Kier alpha value is -3.22. The number of rotatable bonds is 3. The standard InChI is InChI=1S/C17H16N6O/c1-11-6-12(2)23(21-11)16-7-14(24-3)4-5-15(16)13-8-18-17-19-10-20-22(17)9-13/h4-10H,1-3H3. The number of hydrogen-bond donors (Lipinski definition) is 0. The molecule has 0 N–H and O–H groups in total. The summed E-state index contributed by atoms with van der Waals surface area (Å²) < 4.78 is 8.96. The van der Waals surface area contributed by atoms with E-state index in [1.807, 2.05) is 49.0 Å². The summed E-state index contributed by atoms with van der Waals surface area (Å²) in [6, 6.07) is 7.95. The van der Waals surface area contributed by atoms with Gasteiger partial charge in [-0.25, -0.2) is 14.2 Å². The molecule has 0 saturated carbocycles. The normalized spacial score (nSPS) is 11.1. The summed E-state index contributed by atoms with van der Waals surface area (Å²) >= 11 is 0. The second kappa shape index (κ2) is 5.45. The van der Waals surface area contributed by atoms with Gasteiger partial charge in [0.25, 0.3) is 5.78 Å². The zero-order valence-corrected chi connectivity index (χ0v) is 13.6. The van der Waals surface area contributed by atoms with Crippen molar-refractivity contribution < 1.29 is 4.74 Å². The van der Waals surface area contributed by atoms with E-state index in [4.69, 9.17) is 4.74 Å². The minimum atomic E-state index is 0.569. The fourth-order valence-electron chi connectivity index (χ4n) is 2.79. The summed E-state index contributed by atoms with van der Waals surface area (Å²) in [7, 11) is 1.66. The minimum absolute atomic E-state index is 0.569. The third-order valence-electron chi connectivity index (χ3n) is 3.89. The van der Waals surface area contributed by atoms with E-state index in [2.05, 4.69) is 20.2 Å². The average Bonchev–Trinajstić information content (AvgIpc) is 3.19. The maximum atomic E-state index is 5.39. The minimum Gasteiger partial charge on any atom is -0.497 e. The smallest absolute Gasteiger partial charge is 0.252 e. The number of aromatic nitrogens is 6. The van der Waals surface area contributed by atoms with Crippen molar-refractivity contribution in [2.75, 3.05) is 7.11 Å². The summed E-state index contributed by atoms with van der Waals surface area (Å²) in [6.07, 6.45) is 5.19. The fourth-order valence-corrected chi connectivity index (χ4v) is 2.79. The lowest BCUT2D eigenvalue weighted by Gasteiger charge is -2.13. The van der Waals surface area contributed by atoms with Crippen molar-refractivity contribution in [3.05, 3.63) is 54.4 Å². The Morgan fingerprint density at radius 3 is 2.71 bits per heavy atom. The molecule has 120 valence electrons. The molecule has 1 aromatic carbocycles. The van der Waals surface area contributed by atoms with Gasteiger partial charge in [-0.2, -0.15) is 15.2 Å². The highest BCUT2D eigenvalue weighted by Crippen LogP contribution is 2.30. The van der Waals surface area contributed by atoms with E-state index in [1.165, 1.54) is 6.33 Å². The molecule has 0 aliphatic rings. The van der Waals surface area contributed by atoms with E-state index in [0.29, 0.717) is 5.78 Å². The van der Waals surface area contributed by atoms with E-state index in [1.54, 1.807) is 17.8 Å². The van der Waals surface area contributed by atoms with Gasteiger partial charge in [0.1, 0.15) is 12.1 Å². The van der Waals surface area contributed by atoms with Gasteiger partial charge >= 0.3 is 0 Å². The second-order valence-electron chi connectivity index (χ2n) is 5.57. The maximum Gasteiger partial charge on any atom is 0.252 e. The van der Waals surface area contributed by atoms with Gasteiger partial charge in [-0.1, -0.05) is 0 Å². The molecule has 0 saturated heterocycles. The van der Waals surface area contributed by atoms with Crippen LogP contribution in [-0.4, -0.2) is 36.5 Å². The lowest BCUT2D eigenvalue weighted by atomic mass is 10.1. The van der Waals surface area contributed by atoms with Gasteiger partial charge in [0.05, 0.1) is 18.5 Å².